The highest BCUT2D eigenvalue weighted by Gasteiger charge is 2.22. The first-order chi connectivity index (χ1) is 12.5. The number of imide groups is 1. The van der Waals surface area contributed by atoms with E-state index in [2.05, 4.69) is 10.6 Å². The predicted octanol–water partition coefficient (Wildman–Crippen LogP) is 2.33. The first-order valence-corrected chi connectivity index (χ1v) is 8.91. The van der Waals surface area contributed by atoms with Gasteiger partial charge in [-0.15, -0.1) is 0 Å². The molecule has 0 radical (unpaired) electrons. The number of benzene rings is 1. The van der Waals surface area contributed by atoms with Crippen LogP contribution in [0.1, 0.15) is 44.6 Å². The van der Waals surface area contributed by atoms with Crippen LogP contribution in [-0.4, -0.2) is 37.2 Å². The van der Waals surface area contributed by atoms with Crippen LogP contribution in [0.4, 0.5) is 4.79 Å². The molecule has 0 unspecified atom stereocenters. The zero-order valence-corrected chi connectivity index (χ0v) is 15.2. The number of rotatable bonds is 6. The smallest absolute Gasteiger partial charge is 0.321 e. The van der Waals surface area contributed by atoms with Gasteiger partial charge in [0.15, 0.2) is 6.10 Å². The summed E-state index contributed by atoms with van der Waals surface area (Å²) in [6.45, 7) is 1.44. The monoisotopic (exact) mass is 362 g/mol. The fraction of sp³-hybridized carbons (Fsp3) is 0.526. The number of hydrogen-bond donors (Lipinski definition) is 2. The normalized spacial score (nSPS) is 15.6. The molecule has 0 bridgehead atoms. The van der Waals surface area contributed by atoms with Crippen LogP contribution in [0.2, 0.25) is 0 Å². The Hall–Kier alpha value is -2.57. The number of methoxy groups -OCH3 is 1. The molecule has 2 rings (SSSR count). The van der Waals surface area contributed by atoms with E-state index in [9.17, 15) is 14.4 Å². The van der Waals surface area contributed by atoms with Gasteiger partial charge >= 0.3 is 12.0 Å². The van der Waals surface area contributed by atoms with E-state index >= 15 is 0 Å². The van der Waals surface area contributed by atoms with Crippen molar-refractivity contribution in [2.75, 3.05) is 7.11 Å². The van der Waals surface area contributed by atoms with Crippen molar-refractivity contribution in [3.8, 4) is 5.75 Å². The SMILES string of the molecule is COc1cccc(CC(=O)O[C@H](C)C(=O)NC(=O)NC2CCCCC2)c1. The molecule has 7 nitrogen and oxygen atoms in total. The molecule has 1 aliphatic carbocycles. The molecule has 142 valence electrons. The van der Waals surface area contributed by atoms with Gasteiger partial charge < -0.3 is 14.8 Å². The molecule has 0 spiro atoms. The number of amides is 3. The van der Waals surface area contributed by atoms with Crippen molar-refractivity contribution in [2.24, 2.45) is 0 Å². The number of esters is 1. The fourth-order valence-corrected chi connectivity index (χ4v) is 2.92. The molecule has 1 aromatic rings. The number of carbonyl (C=O) groups excluding carboxylic acids is 3. The lowest BCUT2D eigenvalue weighted by molar-refractivity contribution is -0.153. The minimum absolute atomic E-state index is 0.0170. The Morgan fingerprint density at radius 3 is 2.62 bits per heavy atom. The van der Waals surface area contributed by atoms with E-state index in [1.807, 2.05) is 0 Å². The topological polar surface area (TPSA) is 93.7 Å². The van der Waals surface area contributed by atoms with E-state index in [0.717, 1.165) is 31.2 Å². The van der Waals surface area contributed by atoms with Crippen LogP contribution in [0.5, 0.6) is 5.75 Å². The van der Waals surface area contributed by atoms with E-state index in [-0.39, 0.29) is 12.5 Å². The number of hydrogen-bond acceptors (Lipinski definition) is 5. The molecule has 2 N–H and O–H groups in total. The van der Waals surface area contributed by atoms with Gasteiger partial charge in [-0.05, 0) is 37.5 Å². The number of urea groups is 1. The molecule has 26 heavy (non-hydrogen) atoms. The maximum atomic E-state index is 12.0. The minimum Gasteiger partial charge on any atom is -0.497 e. The summed E-state index contributed by atoms with van der Waals surface area (Å²) in [5, 5.41) is 5.01. The second kappa shape index (κ2) is 9.79. The van der Waals surface area contributed by atoms with Crippen molar-refractivity contribution >= 4 is 17.9 Å². The average molecular weight is 362 g/mol. The number of nitrogens with one attached hydrogen (secondary N) is 2. The molecular weight excluding hydrogens is 336 g/mol. The summed E-state index contributed by atoms with van der Waals surface area (Å²) in [7, 11) is 1.54. The van der Waals surface area contributed by atoms with Crippen molar-refractivity contribution in [3.63, 3.8) is 0 Å². The lowest BCUT2D eigenvalue weighted by Gasteiger charge is -2.23. The molecule has 0 heterocycles. The Kier molecular flexibility index (Phi) is 7.44. The third-order valence-corrected chi connectivity index (χ3v) is 4.34. The molecule has 3 amide bonds. The molecule has 1 atom stereocenters. The molecule has 1 fully saturated rings. The van der Waals surface area contributed by atoms with Gasteiger partial charge in [0.25, 0.3) is 5.91 Å². The van der Waals surface area contributed by atoms with E-state index in [1.165, 1.54) is 13.3 Å². The van der Waals surface area contributed by atoms with Crippen LogP contribution < -0.4 is 15.4 Å². The van der Waals surface area contributed by atoms with Crippen molar-refractivity contribution in [1.29, 1.82) is 0 Å². The first kappa shape index (κ1) is 19.8. The number of ether oxygens (including phenoxy) is 2. The zero-order chi connectivity index (χ0) is 18.9. The summed E-state index contributed by atoms with van der Waals surface area (Å²) in [6, 6.07) is 6.60. The van der Waals surface area contributed by atoms with E-state index in [1.54, 1.807) is 31.4 Å². The van der Waals surface area contributed by atoms with Gasteiger partial charge in [-0.2, -0.15) is 0 Å². The Morgan fingerprint density at radius 1 is 1.19 bits per heavy atom. The highest BCUT2D eigenvalue weighted by molar-refractivity contribution is 5.97. The van der Waals surface area contributed by atoms with E-state index < -0.39 is 24.0 Å². The Balaban J connectivity index is 1.76. The van der Waals surface area contributed by atoms with E-state index in [0.29, 0.717) is 5.75 Å². The molecule has 0 saturated heterocycles. The predicted molar refractivity (Wildman–Crippen MR) is 95.8 cm³/mol. The molecule has 1 aliphatic rings. The van der Waals surface area contributed by atoms with Crippen molar-refractivity contribution in [2.45, 2.75) is 57.6 Å². The summed E-state index contributed by atoms with van der Waals surface area (Å²) in [4.78, 5) is 35.9. The van der Waals surface area contributed by atoms with Crippen LogP contribution in [0.25, 0.3) is 0 Å². The molecule has 0 aromatic heterocycles. The number of carbonyl (C=O) groups is 3. The van der Waals surface area contributed by atoms with Crippen molar-refractivity contribution < 1.29 is 23.9 Å². The van der Waals surface area contributed by atoms with Gasteiger partial charge in [-0.1, -0.05) is 31.4 Å². The van der Waals surface area contributed by atoms with Gasteiger partial charge in [0.05, 0.1) is 13.5 Å². The van der Waals surface area contributed by atoms with Gasteiger partial charge in [-0.25, -0.2) is 4.79 Å². The maximum Gasteiger partial charge on any atom is 0.321 e. The Bertz CT molecular complexity index is 641. The average Bonchev–Trinajstić information content (AvgIpc) is 2.62. The summed E-state index contributed by atoms with van der Waals surface area (Å²) < 4.78 is 10.2. The lowest BCUT2D eigenvalue weighted by atomic mass is 9.96. The Labute approximate surface area is 153 Å². The van der Waals surface area contributed by atoms with Crippen molar-refractivity contribution in [1.82, 2.24) is 10.6 Å². The zero-order valence-electron chi connectivity index (χ0n) is 15.2. The standard InChI is InChI=1S/C19H26N2O5/c1-13(18(23)21-19(24)20-15-8-4-3-5-9-15)26-17(22)12-14-7-6-10-16(11-14)25-2/h6-7,10-11,13,15H,3-5,8-9,12H2,1-2H3,(H2,20,21,23,24)/t13-/m1/s1. The van der Waals surface area contributed by atoms with Crippen molar-refractivity contribution in [3.05, 3.63) is 29.8 Å². The third kappa shape index (κ3) is 6.38. The van der Waals surface area contributed by atoms with Crippen LogP contribution in [0.3, 0.4) is 0 Å². The van der Waals surface area contributed by atoms with Crippen LogP contribution in [0.15, 0.2) is 24.3 Å². The minimum atomic E-state index is -1.05. The molecule has 1 saturated carbocycles. The van der Waals surface area contributed by atoms with E-state index in [4.69, 9.17) is 9.47 Å². The van der Waals surface area contributed by atoms with Crippen LogP contribution in [0, 0.1) is 0 Å². The molecule has 0 aliphatic heterocycles. The van der Waals surface area contributed by atoms with Crippen LogP contribution >= 0.6 is 0 Å². The van der Waals surface area contributed by atoms with Gasteiger partial charge in [0, 0.05) is 6.04 Å². The summed E-state index contributed by atoms with van der Waals surface area (Å²) in [5.41, 5.74) is 0.719. The van der Waals surface area contributed by atoms with Crippen LogP contribution in [-0.2, 0) is 20.7 Å². The highest BCUT2D eigenvalue weighted by atomic mass is 16.5. The molecule has 1 aromatic carbocycles. The van der Waals surface area contributed by atoms with Gasteiger partial charge in [0.1, 0.15) is 5.75 Å². The quantitative estimate of drug-likeness (QED) is 0.758. The maximum absolute atomic E-state index is 12.0. The van der Waals surface area contributed by atoms with Gasteiger partial charge in [-0.3, -0.25) is 14.9 Å². The molecule has 7 heteroatoms. The van der Waals surface area contributed by atoms with Gasteiger partial charge in [0.2, 0.25) is 0 Å². The fourth-order valence-electron chi connectivity index (χ4n) is 2.92. The Morgan fingerprint density at radius 2 is 1.92 bits per heavy atom. The summed E-state index contributed by atoms with van der Waals surface area (Å²) in [5.74, 6) is -0.550. The molecular formula is C19H26N2O5. The summed E-state index contributed by atoms with van der Waals surface area (Å²) >= 11 is 0. The first-order valence-electron chi connectivity index (χ1n) is 8.91. The third-order valence-electron chi connectivity index (χ3n) is 4.34. The highest BCUT2D eigenvalue weighted by Crippen LogP contribution is 2.17. The lowest BCUT2D eigenvalue weighted by Crippen LogP contribution is -2.48. The second-order valence-electron chi connectivity index (χ2n) is 6.46. The largest absolute Gasteiger partial charge is 0.497 e. The summed E-state index contributed by atoms with van der Waals surface area (Å²) in [6.07, 6.45) is 4.15. The second-order valence-corrected chi connectivity index (χ2v) is 6.46.